The predicted octanol–water partition coefficient (Wildman–Crippen LogP) is 1.56. The number of nitrogens with one attached hydrogen (secondary N) is 2. The van der Waals surface area contributed by atoms with Gasteiger partial charge < -0.3 is 5.32 Å². The minimum Gasteiger partial charge on any atom is -0.357 e. The third-order valence-corrected chi connectivity index (χ3v) is 4.29. The third-order valence-electron chi connectivity index (χ3n) is 2.79. The topological polar surface area (TPSA) is 84.0 Å². The van der Waals surface area contributed by atoms with Gasteiger partial charge in [-0.25, -0.2) is 23.1 Å². The molecule has 20 heavy (non-hydrogen) atoms. The van der Waals surface area contributed by atoms with Crippen LogP contribution in [-0.4, -0.2) is 25.4 Å². The van der Waals surface area contributed by atoms with Crippen LogP contribution in [0.4, 0.5) is 5.95 Å². The number of hydrogen-bond acceptors (Lipinski definition) is 5. The highest BCUT2D eigenvalue weighted by Gasteiger charge is 2.19. The summed E-state index contributed by atoms with van der Waals surface area (Å²) in [5.41, 5.74) is 0.892. The van der Waals surface area contributed by atoms with E-state index in [1.165, 1.54) is 12.4 Å². The molecule has 2 aromatic rings. The molecule has 6 nitrogen and oxygen atoms in total. The molecule has 1 aromatic heterocycles. The maximum atomic E-state index is 12.2. The van der Waals surface area contributed by atoms with Gasteiger partial charge in [-0.05, 0) is 12.5 Å². The van der Waals surface area contributed by atoms with Crippen LogP contribution in [0.15, 0.2) is 47.6 Å². The molecule has 0 spiro atoms. The lowest BCUT2D eigenvalue weighted by molar-refractivity contribution is 0.566. The summed E-state index contributed by atoms with van der Waals surface area (Å²) in [5, 5.41) is 2.73. The van der Waals surface area contributed by atoms with Crippen molar-refractivity contribution in [1.29, 1.82) is 0 Å². The fourth-order valence-electron chi connectivity index (χ4n) is 1.69. The van der Waals surface area contributed by atoms with E-state index >= 15 is 0 Å². The van der Waals surface area contributed by atoms with Crippen molar-refractivity contribution in [2.75, 3.05) is 12.4 Å². The average molecular weight is 292 g/mol. The number of hydrogen-bond donors (Lipinski definition) is 2. The van der Waals surface area contributed by atoms with Gasteiger partial charge in [0.05, 0.1) is 12.4 Å². The Kier molecular flexibility index (Phi) is 4.31. The summed E-state index contributed by atoms with van der Waals surface area (Å²) in [7, 11) is -1.97. The van der Waals surface area contributed by atoms with Crippen LogP contribution in [0, 0.1) is 0 Å². The second kappa shape index (κ2) is 5.98. The first-order valence-electron chi connectivity index (χ1n) is 6.10. The molecule has 1 heterocycles. The number of rotatable bonds is 5. The first-order valence-corrected chi connectivity index (χ1v) is 7.58. The molecular weight excluding hydrogens is 276 g/mol. The van der Waals surface area contributed by atoms with Crippen LogP contribution in [0.5, 0.6) is 0 Å². The first-order chi connectivity index (χ1) is 9.53. The number of benzene rings is 1. The lowest BCUT2D eigenvalue weighted by atomic mass is 10.1. The van der Waals surface area contributed by atoms with Crippen molar-refractivity contribution in [1.82, 2.24) is 14.7 Å². The van der Waals surface area contributed by atoms with E-state index in [1.807, 2.05) is 30.3 Å². The summed E-state index contributed by atoms with van der Waals surface area (Å²) in [6.45, 7) is 1.79. The van der Waals surface area contributed by atoms with E-state index in [1.54, 1.807) is 14.0 Å². The number of sulfonamides is 1. The highest BCUT2D eigenvalue weighted by atomic mass is 32.2. The molecular formula is C13H16N4O2S. The Morgan fingerprint density at radius 1 is 1.10 bits per heavy atom. The number of anilines is 1. The molecule has 7 heteroatoms. The van der Waals surface area contributed by atoms with Crippen LogP contribution in [0.1, 0.15) is 18.5 Å². The van der Waals surface area contributed by atoms with Gasteiger partial charge in [-0.1, -0.05) is 30.3 Å². The van der Waals surface area contributed by atoms with Gasteiger partial charge >= 0.3 is 0 Å². The molecule has 0 saturated heterocycles. The first kappa shape index (κ1) is 14.4. The normalized spacial score (nSPS) is 12.9. The minimum atomic E-state index is -3.64. The Labute approximate surface area is 118 Å². The Bertz CT molecular complexity index is 657. The maximum absolute atomic E-state index is 12.2. The van der Waals surface area contributed by atoms with Gasteiger partial charge in [-0.15, -0.1) is 0 Å². The molecule has 2 N–H and O–H groups in total. The third kappa shape index (κ3) is 3.31. The molecule has 0 bridgehead atoms. The van der Waals surface area contributed by atoms with Crippen molar-refractivity contribution >= 4 is 16.0 Å². The molecule has 2 rings (SSSR count). The second-order valence-electron chi connectivity index (χ2n) is 4.25. The van der Waals surface area contributed by atoms with E-state index in [9.17, 15) is 8.42 Å². The second-order valence-corrected chi connectivity index (χ2v) is 5.96. The summed E-state index contributed by atoms with van der Waals surface area (Å²) in [6.07, 6.45) is 2.55. The predicted molar refractivity (Wildman–Crippen MR) is 76.8 cm³/mol. The van der Waals surface area contributed by atoms with Crippen molar-refractivity contribution in [3.63, 3.8) is 0 Å². The number of aromatic nitrogens is 2. The van der Waals surface area contributed by atoms with E-state index in [-0.39, 0.29) is 10.9 Å². The molecule has 0 aliphatic heterocycles. The lowest BCUT2D eigenvalue weighted by Gasteiger charge is -2.14. The Morgan fingerprint density at radius 2 is 1.70 bits per heavy atom. The highest BCUT2D eigenvalue weighted by molar-refractivity contribution is 7.89. The van der Waals surface area contributed by atoms with Crippen LogP contribution < -0.4 is 10.0 Å². The zero-order valence-electron chi connectivity index (χ0n) is 11.2. The quantitative estimate of drug-likeness (QED) is 0.873. The average Bonchev–Trinajstić information content (AvgIpc) is 2.48. The van der Waals surface area contributed by atoms with E-state index < -0.39 is 10.0 Å². The largest absolute Gasteiger partial charge is 0.357 e. The molecule has 1 aromatic carbocycles. The standard InChI is InChI=1S/C13H16N4O2S/c1-10(11-6-4-3-5-7-11)17-20(18,19)12-8-15-13(14-2)16-9-12/h3-10,17H,1-2H3,(H,14,15,16). The van der Waals surface area contributed by atoms with Gasteiger partial charge in [0.25, 0.3) is 0 Å². The van der Waals surface area contributed by atoms with E-state index in [0.29, 0.717) is 5.95 Å². The van der Waals surface area contributed by atoms with Gasteiger partial charge in [-0.3, -0.25) is 0 Å². The fourth-order valence-corrected chi connectivity index (χ4v) is 2.82. The molecule has 0 aliphatic carbocycles. The van der Waals surface area contributed by atoms with Crippen LogP contribution in [0.25, 0.3) is 0 Å². The highest BCUT2D eigenvalue weighted by Crippen LogP contribution is 2.16. The zero-order valence-corrected chi connectivity index (χ0v) is 12.1. The van der Waals surface area contributed by atoms with Gasteiger partial charge in [0.15, 0.2) is 0 Å². The fraction of sp³-hybridized carbons (Fsp3) is 0.231. The molecule has 0 fully saturated rings. The van der Waals surface area contributed by atoms with E-state index in [2.05, 4.69) is 20.0 Å². The van der Waals surface area contributed by atoms with Crippen LogP contribution in [-0.2, 0) is 10.0 Å². The molecule has 0 radical (unpaired) electrons. The molecule has 0 saturated carbocycles. The summed E-state index contributed by atoms with van der Waals surface area (Å²) < 4.78 is 27.0. The summed E-state index contributed by atoms with van der Waals surface area (Å²) >= 11 is 0. The van der Waals surface area contributed by atoms with E-state index in [0.717, 1.165) is 5.56 Å². The van der Waals surface area contributed by atoms with Crippen LogP contribution >= 0.6 is 0 Å². The summed E-state index contributed by atoms with van der Waals surface area (Å²) in [5.74, 6) is 0.375. The summed E-state index contributed by atoms with van der Waals surface area (Å²) in [4.78, 5) is 7.85. The molecule has 106 valence electrons. The van der Waals surface area contributed by atoms with Crippen LogP contribution in [0.2, 0.25) is 0 Å². The number of nitrogens with zero attached hydrogens (tertiary/aromatic N) is 2. The minimum absolute atomic E-state index is 0.0410. The summed E-state index contributed by atoms with van der Waals surface area (Å²) in [6, 6.07) is 9.03. The van der Waals surface area contributed by atoms with Gasteiger partial charge in [0.2, 0.25) is 16.0 Å². The zero-order chi connectivity index (χ0) is 14.6. The maximum Gasteiger partial charge on any atom is 0.244 e. The Balaban J connectivity index is 2.18. The monoisotopic (exact) mass is 292 g/mol. The van der Waals surface area contributed by atoms with Crippen LogP contribution in [0.3, 0.4) is 0 Å². The van der Waals surface area contributed by atoms with Gasteiger partial charge in [0.1, 0.15) is 4.90 Å². The van der Waals surface area contributed by atoms with Crippen molar-refractivity contribution in [2.24, 2.45) is 0 Å². The molecule has 0 amide bonds. The molecule has 1 unspecified atom stereocenters. The van der Waals surface area contributed by atoms with Crippen molar-refractivity contribution < 1.29 is 8.42 Å². The molecule has 1 atom stereocenters. The van der Waals surface area contributed by atoms with Crippen molar-refractivity contribution in [2.45, 2.75) is 17.9 Å². The Hall–Kier alpha value is -1.99. The Morgan fingerprint density at radius 3 is 2.25 bits per heavy atom. The molecule has 0 aliphatic rings. The lowest BCUT2D eigenvalue weighted by Crippen LogP contribution is -2.27. The van der Waals surface area contributed by atoms with Crippen molar-refractivity contribution in [3.8, 4) is 0 Å². The van der Waals surface area contributed by atoms with Gasteiger partial charge in [-0.2, -0.15) is 0 Å². The smallest absolute Gasteiger partial charge is 0.244 e. The SMILES string of the molecule is CNc1ncc(S(=O)(=O)NC(C)c2ccccc2)cn1. The van der Waals surface area contributed by atoms with Gasteiger partial charge in [0, 0.05) is 13.1 Å². The van der Waals surface area contributed by atoms with Crippen molar-refractivity contribution in [3.05, 3.63) is 48.3 Å². The van der Waals surface area contributed by atoms with E-state index in [4.69, 9.17) is 0 Å².